The van der Waals surface area contributed by atoms with Crippen LogP contribution in [0.5, 0.6) is 0 Å². The standard InChI is InChI=1S/C16H19N3/c1-2-4-12(5-3-1)10-19-7-6-13-8-14(19)9-15-16(13)18-11-17-15/h1-5,11,13-14H,6-10H2,(H,17,18)/t13-,14+/m0/s1. The molecule has 2 aromatic rings. The van der Waals surface area contributed by atoms with Gasteiger partial charge < -0.3 is 4.98 Å². The van der Waals surface area contributed by atoms with Crippen molar-refractivity contribution in [2.24, 2.45) is 0 Å². The van der Waals surface area contributed by atoms with E-state index in [0.717, 1.165) is 13.0 Å². The summed E-state index contributed by atoms with van der Waals surface area (Å²) < 4.78 is 0. The average Bonchev–Trinajstić information content (AvgIpc) is 2.92. The van der Waals surface area contributed by atoms with Crippen molar-refractivity contribution in [1.82, 2.24) is 14.9 Å². The van der Waals surface area contributed by atoms with E-state index in [0.29, 0.717) is 12.0 Å². The van der Waals surface area contributed by atoms with Gasteiger partial charge in [0.25, 0.3) is 0 Å². The van der Waals surface area contributed by atoms with E-state index in [4.69, 9.17) is 0 Å². The lowest BCUT2D eigenvalue weighted by molar-refractivity contribution is 0.115. The van der Waals surface area contributed by atoms with Crippen LogP contribution in [0.2, 0.25) is 0 Å². The molecule has 1 aromatic carbocycles. The van der Waals surface area contributed by atoms with Crippen LogP contribution < -0.4 is 0 Å². The number of hydrogen-bond donors (Lipinski definition) is 1. The summed E-state index contributed by atoms with van der Waals surface area (Å²) in [5.74, 6) is 0.711. The van der Waals surface area contributed by atoms with Crippen molar-refractivity contribution in [3.63, 3.8) is 0 Å². The van der Waals surface area contributed by atoms with Crippen molar-refractivity contribution in [2.75, 3.05) is 6.54 Å². The van der Waals surface area contributed by atoms with Crippen LogP contribution in [-0.2, 0) is 13.0 Å². The summed E-state index contributed by atoms with van der Waals surface area (Å²) in [7, 11) is 0. The van der Waals surface area contributed by atoms with Gasteiger partial charge in [-0.15, -0.1) is 0 Å². The first-order valence-corrected chi connectivity index (χ1v) is 7.20. The molecule has 1 saturated heterocycles. The second-order valence-electron chi connectivity index (χ2n) is 5.80. The minimum absolute atomic E-state index is 0.676. The quantitative estimate of drug-likeness (QED) is 0.892. The Morgan fingerprint density at radius 1 is 1.26 bits per heavy atom. The number of benzene rings is 1. The lowest BCUT2D eigenvalue weighted by Crippen LogP contribution is -2.45. The molecule has 0 radical (unpaired) electrons. The molecule has 3 nitrogen and oxygen atoms in total. The van der Waals surface area contributed by atoms with Gasteiger partial charge in [-0.3, -0.25) is 4.90 Å². The van der Waals surface area contributed by atoms with Crippen molar-refractivity contribution >= 4 is 0 Å². The number of likely N-dealkylation sites (tertiary alicyclic amines) is 1. The fraction of sp³-hybridized carbons (Fsp3) is 0.438. The van der Waals surface area contributed by atoms with Crippen LogP contribution in [0, 0.1) is 0 Å². The molecule has 19 heavy (non-hydrogen) atoms. The predicted octanol–water partition coefficient (Wildman–Crippen LogP) is 2.71. The van der Waals surface area contributed by atoms with Crippen molar-refractivity contribution in [1.29, 1.82) is 0 Å². The Labute approximate surface area is 113 Å². The van der Waals surface area contributed by atoms with Crippen molar-refractivity contribution in [2.45, 2.75) is 37.8 Å². The molecule has 0 amide bonds. The van der Waals surface area contributed by atoms with Gasteiger partial charge in [0, 0.05) is 30.6 Å². The Morgan fingerprint density at radius 2 is 2.16 bits per heavy atom. The molecule has 0 unspecified atom stereocenters. The maximum Gasteiger partial charge on any atom is 0.0925 e. The van der Waals surface area contributed by atoms with Crippen molar-refractivity contribution in [3.05, 3.63) is 53.6 Å². The highest BCUT2D eigenvalue weighted by atomic mass is 15.2. The number of aromatic amines is 1. The Hall–Kier alpha value is -1.61. The highest BCUT2D eigenvalue weighted by Gasteiger charge is 2.36. The summed E-state index contributed by atoms with van der Waals surface area (Å²) >= 11 is 0. The average molecular weight is 253 g/mol. The summed E-state index contributed by atoms with van der Waals surface area (Å²) in [4.78, 5) is 10.5. The van der Waals surface area contributed by atoms with E-state index in [1.807, 2.05) is 6.33 Å². The van der Waals surface area contributed by atoms with E-state index < -0.39 is 0 Å². The zero-order valence-corrected chi connectivity index (χ0v) is 11.0. The normalized spacial score (nSPS) is 26.1. The number of nitrogens with zero attached hydrogens (tertiary/aromatic N) is 2. The molecule has 1 aliphatic carbocycles. The maximum absolute atomic E-state index is 4.50. The van der Waals surface area contributed by atoms with Crippen LogP contribution >= 0.6 is 0 Å². The van der Waals surface area contributed by atoms with Crippen LogP contribution in [0.3, 0.4) is 0 Å². The SMILES string of the molecule is c1ccc(CN2CC[C@H]3C[C@@H]2Cc2nc[nH]c23)cc1. The summed E-state index contributed by atoms with van der Waals surface area (Å²) in [6, 6.07) is 11.5. The smallest absolute Gasteiger partial charge is 0.0925 e. The van der Waals surface area contributed by atoms with Gasteiger partial charge >= 0.3 is 0 Å². The molecule has 2 heterocycles. The fourth-order valence-electron chi connectivity index (χ4n) is 3.67. The minimum atomic E-state index is 0.676. The fourth-order valence-corrected chi connectivity index (χ4v) is 3.67. The third kappa shape index (κ3) is 1.98. The highest BCUT2D eigenvalue weighted by Crippen LogP contribution is 2.38. The van der Waals surface area contributed by atoms with Gasteiger partial charge in [-0.2, -0.15) is 0 Å². The molecule has 98 valence electrons. The summed E-state index contributed by atoms with van der Waals surface area (Å²) in [5.41, 5.74) is 4.14. The van der Waals surface area contributed by atoms with Gasteiger partial charge in [-0.25, -0.2) is 4.98 Å². The van der Waals surface area contributed by atoms with Gasteiger partial charge in [0.15, 0.2) is 0 Å². The Kier molecular flexibility index (Phi) is 2.66. The number of piperidine rings is 1. The van der Waals surface area contributed by atoms with Gasteiger partial charge in [0.1, 0.15) is 0 Å². The zero-order chi connectivity index (χ0) is 12.7. The lowest BCUT2D eigenvalue weighted by atomic mass is 9.80. The van der Waals surface area contributed by atoms with Crippen LogP contribution in [0.15, 0.2) is 36.7 Å². The zero-order valence-electron chi connectivity index (χ0n) is 11.0. The molecule has 1 N–H and O–H groups in total. The molecule has 4 rings (SSSR count). The number of rotatable bonds is 2. The molecule has 1 fully saturated rings. The third-order valence-corrected chi connectivity index (χ3v) is 4.65. The maximum atomic E-state index is 4.50. The molecule has 2 bridgehead atoms. The second kappa shape index (κ2) is 4.49. The van der Waals surface area contributed by atoms with Gasteiger partial charge in [0.2, 0.25) is 0 Å². The summed E-state index contributed by atoms with van der Waals surface area (Å²) in [5, 5.41) is 0. The monoisotopic (exact) mass is 253 g/mol. The van der Waals surface area contributed by atoms with E-state index in [9.17, 15) is 0 Å². The van der Waals surface area contributed by atoms with Gasteiger partial charge in [0.05, 0.1) is 12.0 Å². The molecule has 1 aromatic heterocycles. The summed E-state index contributed by atoms with van der Waals surface area (Å²) in [6.07, 6.45) is 5.54. The molecule has 0 saturated carbocycles. The molecule has 1 aliphatic heterocycles. The molecule has 3 heteroatoms. The molecule has 2 aliphatic rings. The first-order chi connectivity index (χ1) is 9.40. The molecular weight excluding hydrogens is 234 g/mol. The number of imidazole rings is 1. The predicted molar refractivity (Wildman–Crippen MR) is 74.9 cm³/mol. The Bertz CT molecular complexity index is 560. The van der Waals surface area contributed by atoms with Crippen molar-refractivity contribution < 1.29 is 0 Å². The number of hydrogen-bond acceptors (Lipinski definition) is 2. The Morgan fingerprint density at radius 3 is 3.05 bits per heavy atom. The van der Waals surface area contributed by atoms with E-state index in [1.165, 1.54) is 36.3 Å². The summed E-state index contributed by atoms with van der Waals surface area (Å²) in [6.45, 7) is 2.29. The van der Waals surface area contributed by atoms with Gasteiger partial charge in [-0.1, -0.05) is 30.3 Å². The molecule has 2 atom stereocenters. The Balaban J connectivity index is 1.55. The molecular formula is C16H19N3. The van der Waals surface area contributed by atoms with E-state index in [2.05, 4.69) is 45.2 Å². The highest BCUT2D eigenvalue weighted by molar-refractivity contribution is 5.24. The van der Waals surface area contributed by atoms with Crippen molar-refractivity contribution in [3.8, 4) is 0 Å². The van der Waals surface area contributed by atoms with E-state index in [1.54, 1.807) is 0 Å². The second-order valence-corrected chi connectivity index (χ2v) is 5.80. The topological polar surface area (TPSA) is 31.9 Å². The van der Waals surface area contributed by atoms with Crippen LogP contribution in [-0.4, -0.2) is 27.5 Å². The minimum Gasteiger partial charge on any atom is -0.348 e. The number of nitrogens with one attached hydrogen (secondary N) is 1. The third-order valence-electron chi connectivity index (χ3n) is 4.65. The van der Waals surface area contributed by atoms with Gasteiger partial charge in [-0.05, 0) is 24.9 Å². The first-order valence-electron chi connectivity index (χ1n) is 7.20. The van der Waals surface area contributed by atoms with E-state index in [-0.39, 0.29) is 0 Å². The molecule has 0 spiro atoms. The number of H-pyrrole nitrogens is 1. The number of aromatic nitrogens is 2. The van der Waals surface area contributed by atoms with Crippen LogP contribution in [0.4, 0.5) is 0 Å². The van der Waals surface area contributed by atoms with Crippen LogP contribution in [0.25, 0.3) is 0 Å². The lowest BCUT2D eigenvalue weighted by Gasteiger charge is -2.42. The first kappa shape index (κ1) is 11.2. The number of fused-ring (bicyclic) bond motifs is 4. The largest absolute Gasteiger partial charge is 0.348 e. The van der Waals surface area contributed by atoms with E-state index >= 15 is 0 Å². The van der Waals surface area contributed by atoms with Crippen LogP contribution in [0.1, 0.15) is 35.7 Å².